The van der Waals surface area contributed by atoms with Crippen molar-refractivity contribution in [1.82, 2.24) is 20.4 Å². The number of hydrogen-bond donors (Lipinski definition) is 2. The first-order chi connectivity index (χ1) is 9.91. The predicted molar refractivity (Wildman–Crippen MR) is 75.5 cm³/mol. The normalized spacial score (nSPS) is 31.3. The fraction of sp³-hybridized carbons (Fsp3) is 0.786. The standard InChI is InChI=1S/C14H22N4O3/c1-14(2)12(20)16-13(21)17(14)8-11(19)18-9-3-4-10(18)7-15-6-5-9/h9-10,15H,3-8H2,1-2H3,(H,16,20,21). The van der Waals surface area contributed by atoms with Gasteiger partial charge in [-0.15, -0.1) is 0 Å². The molecule has 0 radical (unpaired) electrons. The van der Waals surface area contributed by atoms with Crippen LogP contribution >= 0.6 is 0 Å². The number of rotatable bonds is 2. The molecule has 116 valence electrons. The van der Waals surface area contributed by atoms with Crippen LogP contribution in [0.4, 0.5) is 4.79 Å². The van der Waals surface area contributed by atoms with E-state index in [9.17, 15) is 14.4 Å². The summed E-state index contributed by atoms with van der Waals surface area (Å²) in [5.41, 5.74) is -0.962. The summed E-state index contributed by atoms with van der Waals surface area (Å²) in [6.07, 6.45) is 3.00. The summed E-state index contributed by atoms with van der Waals surface area (Å²) in [4.78, 5) is 39.6. The van der Waals surface area contributed by atoms with Crippen LogP contribution in [0.15, 0.2) is 0 Å². The van der Waals surface area contributed by atoms with Gasteiger partial charge in [-0.25, -0.2) is 4.79 Å². The third-order valence-electron chi connectivity index (χ3n) is 4.93. The maximum Gasteiger partial charge on any atom is 0.325 e. The Balaban J connectivity index is 1.74. The van der Waals surface area contributed by atoms with Crippen molar-refractivity contribution in [1.29, 1.82) is 0 Å². The van der Waals surface area contributed by atoms with Crippen molar-refractivity contribution in [2.24, 2.45) is 0 Å². The molecule has 0 aromatic rings. The number of urea groups is 1. The Bertz CT molecular complexity index is 477. The first kappa shape index (κ1) is 14.3. The quantitative estimate of drug-likeness (QED) is 0.683. The van der Waals surface area contributed by atoms with Crippen LogP contribution in [-0.2, 0) is 9.59 Å². The molecule has 2 bridgehead atoms. The number of amides is 4. The van der Waals surface area contributed by atoms with Crippen LogP contribution in [0.1, 0.15) is 33.1 Å². The molecule has 7 heteroatoms. The molecule has 2 unspecified atom stereocenters. The molecular weight excluding hydrogens is 272 g/mol. The Morgan fingerprint density at radius 1 is 1.24 bits per heavy atom. The van der Waals surface area contributed by atoms with Crippen molar-refractivity contribution in [3.8, 4) is 0 Å². The monoisotopic (exact) mass is 294 g/mol. The summed E-state index contributed by atoms with van der Waals surface area (Å²) in [6, 6.07) is 0.00935. The number of carbonyl (C=O) groups excluding carboxylic acids is 3. The van der Waals surface area contributed by atoms with E-state index in [0.717, 1.165) is 32.4 Å². The Morgan fingerprint density at radius 2 is 1.95 bits per heavy atom. The van der Waals surface area contributed by atoms with Crippen LogP contribution in [0.25, 0.3) is 0 Å². The van der Waals surface area contributed by atoms with E-state index in [4.69, 9.17) is 0 Å². The van der Waals surface area contributed by atoms with Crippen molar-refractivity contribution >= 4 is 17.8 Å². The highest BCUT2D eigenvalue weighted by atomic mass is 16.2. The van der Waals surface area contributed by atoms with Gasteiger partial charge in [-0.05, 0) is 39.7 Å². The zero-order valence-electron chi connectivity index (χ0n) is 12.5. The molecule has 21 heavy (non-hydrogen) atoms. The fourth-order valence-corrected chi connectivity index (χ4v) is 3.57. The summed E-state index contributed by atoms with van der Waals surface area (Å²) < 4.78 is 0. The van der Waals surface area contributed by atoms with Crippen molar-refractivity contribution in [3.05, 3.63) is 0 Å². The molecule has 3 saturated heterocycles. The highest BCUT2D eigenvalue weighted by molar-refractivity contribution is 6.07. The highest BCUT2D eigenvalue weighted by Crippen LogP contribution is 2.29. The number of hydrogen-bond acceptors (Lipinski definition) is 4. The van der Waals surface area contributed by atoms with Gasteiger partial charge >= 0.3 is 6.03 Å². The van der Waals surface area contributed by atoms with E-state index >= 15 is 0 Å². The SMILES string of the molecule is CC1(C)C(=O)NC(=O)N1CC(=O)N1C2CCNCC1CC2. The summed E-state index contributed by atoms with van der Waals surface area (Å²) >= 11 is 0. The second-order valence-corrected chi connectivity index (χ2v) is 6.58. The fourth-order valence-electron chi connectivity index (χ4n) is 3.57. The van der Waals surface area contributed by atoms with Crippen LogP contribution in [0.3, 0.4) is 0 Å². The second-order valence-electron chi connectivity index (χ2n) is 6.58. The molecule has 2 N–H and O–H groups in total. The van der Waals surface area contributed by atoms with E-state index < -0.39 is 11.6 Å². The van der Waals surface area contributed by atoms with E-state index in [2.05, 4.69) is 10.6 Å². The van der Waals surface area contributed by atoms with Gasteiger partial charge in [0.2, 0.25) is 5.91 Å². The summed E-state index contributed by atoms with van der Waals surface area (Å²) in [5, 5.41) is 5.63. The Morgan fingerprint density at radius 3 is 2.62 bits per heavy atom. The lowest BCUT2D eigenvalue weighted by Crippen LogP contribution is -2.52. The maximum atomic E-state index is 12.7. The van der Waals surface area contributed by atoms with E-state index in [0.29, 0.717) is 0 Å². The molecule has 3 rings (SSSR count). The third kappa shape index (κ3) is 2.29. The van der Waals surface area contributed by atoms with Gasteiger partial charge in [-0.1, -0.05) is 0 Å². The van der Waals surface area contributed by atoms with Gasteiger partial charge < -0.3 is 15.1 Å². The van der Waals surface area contributed by atoms with Crippen LogP contribution in [0.2, 0.25) is 0 Å². The Hall–Kier alpha value is -1.63. The molecule has 0 aromatic carbocycles. The maximum absolute atomic E-state index is 12.7. The average molecular weight is 294 g/mol. The lowest BCUT2D eigenvalue weighted by molar-refractivity contribution is -0.136. The smallest absolute Gasteiger partial charge is 0.325 e. The molecule has 3 fully saturated rings. The minimum atomic E-state index is -0.962. The molecule has 0 aromatic heterocycles. The molecular formula is C14H22N4O3. The largest absolute Gasteiger partial charge is 0.334 e. The molecule has 7 nitrogen and oxygen atoms in total. The number of carbonyl (C=O) groups is 3. The summed E-state index contributed by atoms with van der Waals surface area (Å²) in [7, 11) is 0. The molecule has 3 aliphatic rings. The van der Waals surface area contributed by atoms with Crippen LogP contribution in [0.5, 0.6) is 0 Å². The van der Waals surface area contributed by atoms with Gasteiger partial charge in [-0.3, -0.25) is 14.9 Å². The van der Waals surface area contributed by atoms with E-state index in [1.807, 2.05) is 4.90 Å². The minimum Gasteiger partial charge on any atom is -0.334 e. The second kappa shape index (κ2) is 4.98. The lowest BCUT2D eigenvalue weighted by atomic mass is 10.0. The molecule has 0 spiro atoms. The molecule has 2 atom stereocenters. The summed E-state index contributed by atoms with van der Waals surface area (Å²) in [6.45, 7) is 5.05. The summed E-state index contributed by atoms with van der Waals surface area (Å²) in [5.74, 6) is -0.398. The van der Waals surface area contributed by atoms with Gasteiger partial charge in [0.1, 0.15) is 12.1 Å². The van der Waals surface area contributed by atoms with E-state index in [-0.39, 0.29) is 30.4 Å². The first-order valence-corrected chi connectivity index (χ1v) is 7.56. The van der Waals surface area contributed by atoms with Gasteiger partial charge in [-0.2, -0.15) is 0 Å². The van der Waals surface area contributed by atoms with Gasteiger partial charge in [0.25, 0.3) is 5.91 Å². The van der Waals surface area contributed by atoms with Crippen molar-refractivity contribution in [2.75, 3.05) is 19.6 Å². The molecule has 3 heterocycles. The number of fused-ring (bicyclic) bond motifs is 2. The van der Waals surface area contributed by atoms with Crippen molar-refractivity contribution < 1.29 is 14.4 Å². The molecule has 0 saturated carbocycles. The number of imide groups is 1. The van der Waals surface area contributed by atoms with Gasteiger partial charge in [0.05, 0.1) is 0 Å². The Kier molecular flexibility index (Phi) is 3.39. The van der Waals surface area contributed by atoms with Crippen LogP contribution in [-0.4, -0.2) is 64.9 Å². The number of nitrogens with one attached hydrogen (secondary N) is 2. The van der Waals surface area contributed by atoms with Gasteiger partial charge in [0.15, 0.2) is 0 Å². The number of nitrogens with zero attached hydrogens (tertiary/aromatic N) is 2. The zero-order valence-corrected chi connectivity index (χ0v) is 12.5. The predicted octanol–water partition coefficient (Wildman–Crippen LogP) is -0.330. The van der Waals surface area contributed by atoms with Crippen molar-refractivity contribution in [3.63, 3.8) is 0 Å². The van der Waals surface area contributed by atoms with E-state index in [1.165, 1.54) is 4.90 Å². The van der Waals surface area contributed by atoms with Crippen LogP contribution < -0.4 is 10.6 Å². The topological polar surface area (TPSA) is 81.8 Å². The Labute approximate surface area is 124 Å². The van der Waals surface area contributed by atoms with Crippen molar-refractivity contribution in [2.45, 2.75) is 50.7 Å². The first-order valence-electron chi connectivity index (χ1n) is 7.56. The highest BCUT2D eigenvalue weighted by Gasteiger charge is 2.48. The van der Waals surface area contributed by atoms with Crippen LogP contribution in [0, 0.1) is 0 Å². The zero-order chi connectivity index (χ0) is 15.2. The lowest BCUT2D eigenvalue weighted by Gasteiger charge is -2.33. The third-order valence-corrected chi connectivity index (χ3v) is 4.93. The minimum absolute atomic E-state index is 0.0302. The van der Waals surface area contributed by atoms with Gasteiger partial charge in [0, 0.05) is 18.6 Å². The van der Waals surface area contributed by atoms with E-state index in [1.54, 1.807) is 13.8 Å². The average Bonchev–Trinajstić information content (AvgIpc) is 2.77. The molecule has 4 amide bonds. The molecule has 0 aliphatic carbocycles. The molecule has 3 aliphatic heterocycles.